The molecule has 4 nitrogen and oxygen atoms in total. The number of anilines is 1. The highest BCUT2D eigenvalue weighted by Gasteiger charge is 2.11. The van der Waals surface area contributed by atoms with E-state index < -0.39 is 5.97 Å². The Morgan fingerprint density at radius 3 is 2.62 bits per heavy atom. The number of carboxylic acids is 1. The third-order valence-corrected chi connectivity index (χ3v) is 1.98. The largest absolute Gasteiger partial charge is 0.478 e. The van der Waals surface area contributed by atoms with Gasteiger partial charge in [-0.1, -0.05) is 17.7 Å². The smallest absolute Gasteiger partial charge is 0.337 e. The molecule has 0 aliphatic carbocycles. The zero-order valence-corrected chi connectivity index (χ0v) is 9.15. The van der Waals surface area contributed by atoms with Crippen molar-refractivity contribution in [2.45, 2.75) is 13.8 Å². The molecule has 0 atom stereocenters. The van der Waals surface area contributed by atoms with Crippen LogP contribution in [-0.2, 0) is 4.79 Å². The Morgan fingerprint density at radius 2 is 2.06 bits per heavy atom. The average Bonchev–Trinajstić information content (AvgIpc) is 2.20. The van der Waals surface area contributed by atoms with Crippen LogP contribution in [0.1, 0.15) is 22.8 Å². The van der Waals surface area contributed by atoms with Crippen LogP contribution in [0.25, 0.3) is 0 Å². The first kappa shape index (κ1) is 12.0. The van der Waals surface area contributed by atoms with E-state index in [4.69, 9.17) is 5.11 Å². The van der Waals surface area contributed by atoms with Crippen LogP contribution in [-0.4, -0.2) is 17.0 Å². The molecule has 84 valence electrons. The highest BCUT2D eigenvalue weighted by molar-refractivity contribution is 6.04. The van der Waals surface area contributed by atoms with E-state index in [2.05, 4.69) is 5.32 Å². The van der Waals surface area contributed by atoms with Crippen LogP contribution in [0.5, 0.6) is 0 Å². The lowest BCUT2D eigenvalue weighted by molar-refractivity contribution is -0.111. The number of rotatable bonds is 3. The van der Waals surface area contributed by atoms with Gasteiger partial charge in [0.05, 0.1) is 11.3 Å². The van der Waals surface area contributed by atoms with Gasteiger partial charge in [0.1, 0.15) is 0 Å². The summed E-state index contributed by atoms with van der Waals surface area (Å²) in [5, 5.41) is 11.5. The van der Waals surface area contributed by atoms with Crippen LogP contribution in [0, 0.1) is 6.92 Å². The number of hydrogen-bond acceptors (Lipinski definition) is 2. The fourth-order valence-electron chi connectivity index (χ4n) is 1.27. The van der Waals surface area contributed by atoms with E-state index in [-0.39, 0.29) is 11.5 Å². The Labute approximate surface area is 93.6 Å². The number of amides is 1. The minimum absolute atomic E-state index is 0.0952. The van der Waals surface area contributed by atoms with Gasteiger partial charge in [-0.25, -0.2) is 4.79 Å². The third kappa shape index (κ3) is 2.95. The topological polar surface area (TPSA) is 66.4 Å². The lowest BCUT2D eigenvalue weighted by atomic mass is 10.1. The fourth-order valence-corrected chi connectivity index (χ4v) is 1.27. The molecule has 1 aromatic carbocycles. The first-order valence-electron chi connectivity index (χ1n) is 4.82. The van der Waals surface area contributed by atoms with E-state index in [0.717, 1.165) is 5.56 Å². The first-order chi connectivity index (χ1) is 7.54. The number of carbonyl (C=O) groups is 2. The molecule has 16 heavy (non-hydrogen) atoms. The van der Waals surface area contributed by atoms with E-state index >= 15 is 0 Å². The summed E-state index contributed by atoms with van der Waals surface area (Å²) in [5.41, 5.74) is 1.24. The quantitative estimate of drug-likeness (QED) is 0.766. The molecule has 1 aromatic rings. The summed E-state index contributed by atoms with van der Waals surface area (Å²) in [5.74, 6) is -1.40. The Bertz CT molecular complexity index is 450. The Morgan fingerprint density at radius 1 is 1.38 bits per heavy atom. The van der Waals surface area contributed by atoms with Gasteiger partial charge < -0.3 is 10.4 Å². The minimum atomic E-state index is -1.06. The predicted octanol–water partition coefficient (Wildman–Crippen LogP) is 2.21. The molecule has 1 rings (SSSR count). The van der Waals surface area contributed by atoms with Crippen molar-refractivity contribution in [3.63, 3.8) is 0 Å². The molecule has 0 heterocycles. The van der Waals surface area contributed by atoms with Crippen molar-refractivity contribution in [3.05, 3.63) is 41.5 Å². The molecule has 0 radical (unpaired) electrons. The maximum absolute atomic E-state index is 11.3. The van der Waals surface area contributed by atoms with E-state index in [1.807, 2.05) is 0 Å². The number of aryl methyl sites for hydroxylation is 1. The van der Waals surface area contributed by atoms with Crippen LogP contribution in [0.2, 0.25) is 0 Å². The predicted molar refractivity (Wildman–Crippen MR) is 61.6 cm³/mol. The van der Waals surface area contributed by atoms with Crippen molar-refractivity contribution >= 4 is 17.6 Å². The summed E-state index contributed by atoms with van der Waals surface area (Å²) in [6.07, 6.45) is 2.93. The molecule has 0 fully saturated rings. The zero-order valence-electron chi connectivity index (χ0n) is 9.15. The van der Waals surface area contributed by atoms with Crippen LogP contribution in [0.4, 0.5) is 5.69 Å². The standard InChI is InChI=1S/C12H13NO3/c1-3-4-11(14)13-10-6-5-8(2)7-9(10)12(15)16/h3-7H,1-2H3,(H,13,14)(H,15,16)/b4-3+. The minimum Gasteiger partial charge on any atom is -0.478 e. The molecule has 0 spiro atoms. The van der Waals surface area contributed by atoms with E-state index in [9.17, 15) is 9.59 Å². The molecular formula is C12H13NO3. The molecule has 0 aromatic heterocycles. The van der Waals surface area contributed by atoms with Gasteiger partial charge in [0, 0.05) is 0 Å². The van der Waals surface area contributed by atoms with E-state index in [0.29, 0.717) is 5.69 Å². The highest BCUT2D eigenvalue weighted by atomic mass is 16.4. The van der Waals surface area contributed by atoms with Gasteiger partial charge in [0.15, 0.2) is 0 Å². The third-order valence-electron chi connectivity index (χ3n) is 1.98. The average molecular weight is 219 g/mol. The Balaban J connectivity index is 3.04. The van der Waals surface area contributed by atoms with E-state index in [1.165, 1.54) is 12.1 Å². The molecule has 0 saturated carbocycles. The normalized spacial score (nSPS) is 10.4. The molecular weight excluding hydrogens is 206 g/mol. The maximum atomic E-state index is 11.3. The summed E-state index contributed by atoms with van der Waals surface area (Å²) in [4.78, 5) is 22.2. The van der Waals surface area contributed by atoms with Crippen LogP contribution >= 0.6 is 0 Å². The van der Waals surface area contributed by atoms with Crippen LogP contribution in [0.3, 0.4) is 0 Å². The lowest BCUT2D eigenvalue weighted by Gasteiger charge is -2.07. The van der Waals surface area contributed by atoms with Gasteiger partial charge in [0.25, 0.3) is 0 Å². The van der Waals surface area contributed by atoms with Crippen molar-refractivity contribution in [3.8, 4) is 0 Å². The van der Waals surface area contributed by atoms with Crippen molar-refractivity contribution < 1.29 is 14.7 Å². The summed E-state index contributed by atoms with van der Waals surface area (Å²) in [6, 6.07) is 4.85. The maximum Gasteiger partial charge on any atom is 0.337 e. The number of allylic oxidation sites excluding steroid dienone is 1. The van der Waals surface area contributed by atoms with Gasteiger partial charge in [-0.3, -0.25) is 4.79 Å². The molecule has 2 N–H and O–H groups in total. The molecule has 1 amide bonds. The highest BCUT2D eigenvalue weighted by Crippen LogP contribution is 2.17. The Hall–Kier alpha value is -2.10. The second-order valence-corrected chi connectivity index (χ2v) is 3.34. The number of aromatic carboxylic acids is 1. The number of hydrogen-bond donors (Lipinski definition) is 2. The molecule has 0 unspecified atom stereocenters. The van der Waals surface area contributed by atoms with Crippen molar-refractivity contribution in [1.82, 2.24) is 0 Å². The monoisotopic (exact) mass is 219 g/mol. The van der Waals surface area contributed by atoms with Crippen molar-refractivity contribution in [1.29, 1.82) is 0 Å². The van der Waals surface area contributed by atoms with Gasteiger partial charge in [-0.15, -0.1) is 0 Å². The van der Waals surface area contributed by atoms with Crippen LogP contribution < -0.4 is 5.32 Å². The molecule has 0 aliphatic heterocycles. The van der Waals surface area contributed by atoms with Gasteiger partial charge >= 0.3 is 5.97 Å². The van der Waals surface area contributed by atoms with E-state index in [1.54, 1.807) is 32.1 Å². The number of carbonyl (C=O) groups excluding carboxylic acids is 1. The van der Waals surface area contributed by atoms with Gasteiger partial charge in [-0.2, -0.15) is 0 Å². The van der Waals surface area contributed by atoms with Crippen LogP contribution in [0.15, 0.2) is 30.4 Å². The second-order valence-electron chi connectivity index (χ2n) is 3.34. The molecule has 0 bridgehead atoms. The Kier molecular flexibility index (Phi) is 3.83. The summed E-state index contributed by atoms with van der Waals surface area (Å²) < 4.78 is 0. The van der Waals surface area contributed by atoms with Gasteiger partial charge in [0.2, 0.25) is 5.91 Å². The SMILES string of the molecule is C/C=C/C(=O)Nc1ccc(C)cc1C(=O)O. The second kappa shape index (κ2) is 5.11. The number of benzene rings is 1. The first-order valence-corrected chi connectivity index (χ1v) is 4.82. The summed E-state index contributed by atoms with van der Waals surface area (Å²) in [6.45, 7) is 3.51. The summed E-state index contributed by atoms with van der Waals surface area (Å²) in [7, 11) is 0. The van der Waals surface area contributed by atoms with Gasteiger partial charge in [-0.05, 0) is 32.1 Å². The van der Waals surface area contributed by atoms with Crippen molar-refractivity contribution in [2.24, 2.45) is 0 Å². The number of nitrogens with one attached hydrogen (secondary N) is 1. The molecule has 0 saturated heterocycles. The molecule has 0 aliphatic rings. The summed E-state index contributed by atoms with van der Waals surface area (Å²) >= 11 is 0. The fraction of sp³-hybridized carbons (Fsp3) is 0.167. The lowest BCUT2D eigenvalue weighted by Crippen LogP contribution is -2.12. The van der Waals surface area contributed by atoms with Crippen molar-refractivity contribution in [2.75, 3.05) is 5.32 Å². The molecule has 4 heteroatoms. The zero-order chi connectivity index (χ0) is 12.1. The number of carboxylic acid groups (broad SMARTS) is 1.